The van der Waals surface area contributed by atoms with Crippen molar-refractivity contribution in [1.82, 2.24) is 4.90 Å². The third-order valence-electron chi connectivity index (χ3n) is 6.48. The van der Waals surface area contributed by atoms with E-state index in [1.807, 2.05) is 18.2 Å². The SMILES string of the molecule is C=CC(=O)OCCCCCCN1C(=O)c2cccc3c(OC4CCCCC4)ccc(c23)C1=O. The first kappa shape index (κ1) is 23.0. The quantitative estimate of drug-likeness (QED) is 0.209. The molecule has 6 heteroatoms. The van der Waals surface area contributed by atoms with Gasteiger partial charge >= 0.3 is 5.97 Å². The molecule has 2 aliphatic rings. The highest BCUT2D eigenvalue weighted by atomic mass is 16.5. The standard InChI is InChI=1S/C27H31NO5/c1-2-24(29)32-18-9-4-3-8-17-28-26(30)21-14-10-13-20-23(33-19-11-6-5-7-12-19)16-15-22(25(20)21)27(28)31/h2,10,13-16,19H,1,3-9,11-12,17-18H2. The molecule has 2 aromatic carbocycles. The Balaban J connectivity index is 1.42. The molecule has 33 heavy (non-hydrogen) atoms. The van der Waals surface area contributed by atoms with Crippen LogP contribution in [-0.2, 0) is 9.53 Å². The van der Waals surface area contributed by atoms with Crippen LogP contribution in [0.1, 0.15) is 78.5 Å². The molecule has 2 amide bonds. The smallest absolute Gasteiger partial charge is 0.330 e. The van der Waals surface area contributed by atoms with Crippen LogP contribution in [0.25, 0.3) is 10.8 Å². The summed E-state index contributed by atoms with van der Waals surface area (Å²) < 4.78 is 11.3. The van der Waals surface area contributed by atoms with Gasteiger partial charge in [-0.1, -0.05) is 31.6 Å². The highest BCUT2D eigenvalue weighted by Crippen LogP contribution is 2.37. The Kier molecular flexibility index (Phi) is 7.43. The van der Waals surface area contributed by atoms with Gasteiger partial charge in [0, 0.05) is 34.5 Å². The lowest BCUT2D eigenvalue weighted by atomic mass is 9.93. The fraction of sp³-hybridized carbons (Fsp3) is 0.444. The van der Waals surface area contributed by atoms with Crippen molar-refractivity contribution in [3.8, 4) is 5.75 Å². The molecule has 6 nitrogen and oxygen atoms in total. The van der Waals surface area contributed by atoms with Gasteiger partial charge in [-0.15, -0.1) is 0 Å². The number of imide groups is 1. The van der Waals surface area contributed by atoms with E-state index in [-0.39, 0.29) is 17.9 Å². The molecular weight excluding hydrogens is 418 g/mol. The highest BCUT2D eigenvalue weighted by Gasteiger charge is 2.33. The minimum absolute atomic E-state index is 0.197. The Labute approximate surface area is 194 Å². The van der Waals surface area contributed by atoms with E-state index >= 15 is 0 Å². The lowest BCUT2D eigenvalue weighted by Crippen LogP contribution is -2.40. The summed E-state index contributed by atoms with van der Waals surface area (Å²) >= 11 is 0. The van der Waals surface area contributed by atoms with Crippen LogP contribution >= 0.6 is 0 Å². The van der Waals surface area contributed by atoms with Gasteiger partial charge in [0.1, 0.15) is 5.75 Å². The molecular formula is C27H31NO5. The third kappa shape index (κ3) is 5.10. The molecule has 1 saturated carbocycles. The molecule has 174 valence electrons. The summed E-state index contributed by atoms with van der Waals surface area (Å²) in [7, 11) is 0. The minimum Gasteiger partial charge on any atom is -0.490 e. The molecule has 0 atom stereocenters. The second kappa shape index (κ2) is 10.6. The van der Waals surface area contributed by atoms with E-state index in [2.05, 4.69) is 6.58 Å². The van der Waals surface area contributed by atoms with Crippen LogP contribution in [0.3, 0.4) is 0 Å². The summed E-state index contributed by atoms with van der Waals surface area (Å²) in [5, 5.41) is 1.55. The van der Waals surface area contributed by atoms with Gasteiger partial charge in [0.25, 0.3) is 11.8 Å². The van der Waals surface area contributed by atoms with E-state index in [1.54, 1.807) is 12.1 Å². The Hall–Kier alpha value is -3.15. The number of benzene rings is 2. The predicted octanol–water partition coefficient (Wildman–Crippen LogP) is 5.44. The predicted molar refractivity (Wildman–Crippen MR) is 126 cm³/mol. The van der Waals surface area contributed by atoms with Gasteiger partial charge in [0.2, 0.25) is 0 Å². The van der Waals surface area contributed by atoms with Gasteiger partial charge < -0.3 is 9.47 Å². The number of esters is 1. The van der Waals surface area contributed by atoms with Crippen molar-refractivity contribution >= 4 is 28.6 Å². The van der Waals surface area contributed by atoms with Gasteiger partial charge in [0.15, 0.2) is 0 Å². The molecule has 1 heterocycles. The normalized spacial score (nSPS) is 16.2. The second-order valence-corrected chi connectivity index (χ2v) is 8.77. The Bertz CT molecular complexity index is 1030. The first-order chi connectivity index (χ1) is 16.1. The zero-order valence-electron chi connectivity index (χ0n) is 19.0. The Morgan fingerprint density at radius 1 is 0.970 bits per heavy atom. The van der Waals surface area contributed by atoms with E-state index in [1.165, 1.54) is 24.2 Å². The number of carbonyl (C=O) groups is 3. The van der Waals surface area contributed by atoms with Gasteiger partial charge in [-0.2, -0.15) is 0 Å². The lowest BCUT2D eigenvalue weighted by molar-refractivity contribution is -0.137. The zero-order chi connectivity index (χ0) is 23.2. The molecule has 1 fully saturated rings. The Morgan fingerprint density at radius 3 is 2.45 bits per heavy atom. The number of hydrogen-bond donors (Lipinski definition) is 0. The third-order valence-corrected chi connectivity index (χ3v) is 6.48. The van der Waals surface area contributed by atoms with Crippen molar-refractivity contribution < 1.29 is 23.9 Å². The first-order valence-electron chi connectivity index (χ1n) is 12.0. The van der Waals surface area contributed by atoms with Gasteiger partial charge in [0.05, 0.1) is 12.7 Å². The van der Waals surface area contributed by atoms with Crippen LogP contribution in [0.2, 0.25) is 0 Å². The summed E-state index contributed by atoms with van der Waals surface area (Å²) in [6, 6.07) is 9.29. The summed E-state index contributed by atoms with van der Waals surface area (Å²) in [5.74, 6) is -0.144. The van der Waals surface area contributed by atoms with E-state index in [4.69, 9.17) is 9.47 Å². The van der Waals surface area contributed by atoms with E-state index < -0.39 is 5.97 Å². The van der Waals surface area contributed by atoms with Crippen molar-refractivity contribution in [2.24, 2.45) is 0 Å². The molecule has 1 aliphatic heterocycles. The number of rotatable bonds is 10. The topological polar surface area (TPSA) is 72.9 Å². The van der Waals surface area contributed by atoms with Crippen LogP contribution in [-0.4, -0.2) is 41.9 Å². The molecule has 0 aromatic heterocycles. The largest absolute Gasteiger partial charge is 0.490 e. The summed E-state index contributed by atoms with van der Waals surface area (Å²) in [4.78, 5) is 38.8. The molecule has 2 aromatic rings. The maximum atomic E-state index is 13.2. The van der Waals surface area contributed by atoms with Crippen LogP contribution in [0.5, 0.6) is 5.75 Å². The fourth-order valence-corrected chi connectivity index (χ4v) is 4.75. The number of unbranched alkanes of at least 4 members (excludes halogenated alkanes) is 3. The zero-order valence-corrected chi connectivity index (χ0v) is 19.0. The lowest BCUT2D eigenvalue weighted by Gasteiger charge is -2.29. The molecule has 0 radical (unpaired) electrons. The molecule has 1 aliphatic carbocycles. The first-order valence-corrected chi connectivity index (χ1v) is 12.0. The van der Waals surface area contributed by atoms with Gasteiger partial charge in [-0.3, -0.25) is 14.5 Å². The van der Waals surface area contributed by atoms with E-state index in [0.29, 0.717) is 36.1 Å². The average Bonchev–Trinajstić information content (AvgIpc) is 2.84. The van der Waals surface area contributed by atoms with Crippen LogP contribution in [0, 0.1) is 0 Å². The molecule has 4 rings (SSSR count). The monoisotopic (exact) mass is 449 g/mol. The number of ether oxygens (including phenoxy) is 2. The van der Waals surface area contributed by atoms with Crippen molar-refractivity contribution in [3.05, 3.63) is 54.1 Å². The summed E-state index contributed by atoms with van der Waals surface area (Å²) in [5.41, 5.74) is 1.13. The van der Waals surface area contributed by atoms with Crippen molar-refractivity contribution in [1.29, 1.82) is 0 Å². The number of nitrogens with zero attached hydrogens (tertiary/aromatic N) is 1. The van der Waals surface area contributed by atoms with E-state index in [0.717, 1.165) is 49.3 Å². The van der Waals surface area contributed by atoms with Gasteiger partial charge in [-0.05, 0) is 63.1 Å². The fourth-order valence-electron chi connectivity index (χ4n) is 4.75. The van der Waals surface area contributed by atoms with Crippen molar-refractivity contribution in [2.45, 2.75) is 63.9 Å². The average molecular weight is 450 g/mol. The maximum absolute atomic E-state index is 13.2. The maximum Gasteiger partial charge on any atom is 0.330 e. The van der Waals surface area contributed by atoms with Gasteiger partial charge in [-0.25, -0.2) is 4.79 Å². The van der Waals surface area contributed by atoms with Crippen LogP contribution < -0.4 is 4.74 Å². The number of hydrogen-bond acceptors (Lipinski definition) is 5. The van der Waals surface area contributed by atoms with E-state index in [9.17, 15) is 14.4 Å². The molecule has 0 spiro atoms. The molecule has 0 saturated heterocycles. The number of amides is 2. The minimum atomic E-state index is -0.417. The van der Waals surface area contributed by atoms with Crippen LogP contribution in [0.15, 0.2) is 43.0 Å². The molecule has 0 bridgehead atoms. The highest BCUT2D eigenvalue weighted by molar-refractivity contribution is 6.26. The molecule has 0 N–H and O–H groups in total. The Morgan fingerprint density at radius 2 is 1.70 bits per heavy atom. The second-order valence-electron chi connectivity index (χ2n) is 8.77. The molecule has 0 unspecified atom stereocenters. The number of carbonyl (C=O) groups excluding carboxylic acids is 3. The van der Waals surface area contributed by atoms with Crippen molar-refractivity contribution in [3.63, 3.8) is 0 Å². The van der Waals surface area contributed by atoms with Crippen LogP contribution in [0.4, 0.5) is 0 Å². The van der Waals surface area contributed by atoms with Crippen molar-refractivity contribution in [2.75, 3.05) is 13.2 Å². The summed E-state index contributed by atoms with van der Waals surface area (Å²) in [6.07, 6.45) is 10.2. The summed E-state index contributed by atoms with van der Waals surface area (Å²) in [6.45, 7) is 4.09.